The summed E-state index contributed by atoms with van der Waals surface area (Å²) in [6.45, 7) is 23.7. The molecule has 0 atom stereocenters. The summed E-state index contributed by atoms with van der Waals surface area (Å²) in [4.78, 5) is 5.34. The van der Waals surface area contributed by atoms with Crippen LogP contribution in [-0.2, 0) is 21.7 Å². The third kappa shape index (κ3) is 7.23. The minimum absolute atomic E-state index is 0.00220. The van der Waals surface area contributed by atoms with E-state index in [0.29, 0.717) is 5.92 Å². The second kappa shape index (κ2) is 16.3. The fourth-order valence-electron chi connectivity index (χ4n) is 13.9. The lowest BCUT2D eigenvalue weighted by molar-refractivity contribution is 0.332. The first-order valence-corrected chi connectivity index (χ1v) is 28.0. The van der Waals surface area contributed by atoms with Crippen molar-refractivity contribution in [1.82, 2.24) is 0 Å². The minimum atomic E-state index is -0.0780. The van der Waals surface area contributed by atoms with Crippen molar-refractivity contribution in [3.05, 3.63) is 173 Å². The number of hydrogen-bond acceptors (Lipinski definition) is 4. The first kappa shape index (κ1) is 46.5. The lowest BCUT2D eigenvalue weighted by Gasteiger charge is -2.48. The molecule has 4 heterocycles. The van der Waals surface area contributed by atoms with E-state index >= 15 is 0 Å². The highest BCUT2D eigenvalue weighted by molar-refractivity contribution is 7.00. The number of nitrogens with zero attached hydrogens (tertiary/aromatic N) is 2. The van der Waals surface area contributed by atoms with Gasteiger partial charge < -0.3 is 18.6 Å². The van der Waals surface area contributed by atoms with Crippen molar-refractivity contribution < 1.29 is 8.83 Å². The normalized spacial score (nSPS) is 17.2. The standard InChI is InChI=1S/C70H69BN2O2/c1-67(2,3)45-26-30-57(51(35-45)43-21-15-12-16-22-43)73-58-38-52-50-28-25-46(68(4,5)6)36-63(50)75-65(52)41-56(58)71-55-39-53-54(70(9,10)32-31-69(53,7)8)40-59(55)72(47-27-29-49-48-23-17-18-24-62(48)74-64(49)37-47)60-33-44(34-61(73)66(60)71)42-19-13-11-14-20-42/h12,15-18,21-30,33-42H,11,13-14,19-20,31-32H2,1-10H3. The van der Waals surface area contributed by atoms with Gasteiger partial charge in [-0.25, -0.2) is 0 Å². The molecule has 4 aliphatic rings. The molecule has 0 spiro atoms. The van der Waals surface area contributed by atoms with E-state index in [1.165, 1.54) is 116 Å². The molecule has 14 rings (SSSR count). The molecule has 0 radical (unpaired) electrons. The Morgan fingerprint density at radius 1 is 0.467 bits per heavy atom. The van der Waals surface area contributed by atoms with E-state index in [0.717, 1.165) is 62.4 Å². The van der Waals surface area contributed by atoms with Gasteiger partial charge in [-0.3, -0.25) is 0 Å². The molecule has 0 bridgehead atoms. The molecule has 0 amide bonds. The molecule has 4 nitrogen and oxygen atoms in total. The van der Waals surface area contributed by atoms with Crippen LogP contribution in [0.4, 0.5) is 34.1 Å². The van der Waals surface area contributed by atoms with Crippen LogP contribution in [0.3, 0.4) is 0 Å². The highest BCUT2D eigenvalue weighted by Gasteiger charge is 2.48. The lowest BCUT2D eigenvalue weighted by atomic mass is 9.33. The number of fused-ring (bicyclic) bond motifs is 11. The molecule has 0 saturated heterocycles. The fraction of sp³-hybridized carbons (Fsp3) is 0.314. The summed E-state index contributed by atoms with van der Waals surface area (Å²) in [7, 11) is 0. The van der Waals surface area contributed by atoms with Crippen molar-refractivity contribution in [3.63, 3.8) is 0 Å². The molecular weight excluding hydrogens is 912 g/mol. The number of anilines is 6. The van der Waals surface area contributed by atoms with Crippen LogP contribution in [0.15, 0.2) is 154 Å². The van der Waals surface area contributed by atoms with Gasteiger partial charge in [0.1, 0.15) is 22.3 Å². The highest BCUT2D eigenvalue weighted by atomic mass is 16.3. The third-order valence-corrected chi connectivity index (χ3v) is 18.4. The van der Waals surface area contributed by atoms with Gasteiger partial charge in [0.25, 0.3) is 6.71 Å². The number of rotatable bonds is 4. The zero-order valence-corrected chi connectivity index (χ0v) is 45.7. The lowest BCUT2D eigenvalue weighted by Crippen LogP contribution is -2.62. The van der Waals surface area contributed by atoms with Gasteiger partial charge in [0.05, 0.1) is 5.69 Å². The SMILES string of the molecule is CC(C)(C)c1ccc(N2c3cc4c(cc3B3c5cc6c(cc5N(c5ccc7c(c5)oc5ccccc57)c5cc(C7CCCCC7)cc2c53)C(C)(C)CCC6(C)C)oc2cc(C(C)(C)C)ccc24)c(-c2ccccc2)c1. The molecule has 5 heteroatoms. The maximum Gasteiger partial charge on any atom is 0.252 e. The second-order valence-corrected chi connectivity index (χ2v) is 26.2. The minimum Gasteiger partial charge on any atom is -0.456 e. The highest BCUT2D eigenvalue weighted by Crippen LogP contribution is 2.53. The zero-order valence-electron chi connectivity index (χ0n) is 45.7. The van der Waals surface area contributed by atoms with Crippen LogP contribution in [0.1, 0.15) is 148 Å². The predicted molar refractivity (Wildman–Crippen MR) is 319 cm³/mol. The van der Waals surface area contributed by atoms with Crippen molar-refractivity contribution in [2.24, 2.45) is 0 Å². The quantitative estimate of drug-likeness (QED) is 0.165. The molecule has 374 valence electrons. The van der Waals surface area contributed by atoms with E-state index in [-0.39, 0.29) is 28.4 Å². The van der Waals surface area contributed by atoms with E-state index in [1.807, 2.05) is 0 Å². The molecule has 1 fully saturated rings. The molecule has 8 aromatic carbocycles. The fourth-order valence-corrected chi connectivity index (χ4v) is 13.9. The Bertz CT molecular complexity index is 3980. The summed E-state index contributed by atoms with van der Waals surface area (Å²) in [6, 6.07) is 56.3. The maximum absolute atomic E-state index is 7.12. The summed E-state index contributed by atoms with van der Waals surface area (Å²) in [5, 5.41) is 4.61. The van der Waals surface area contributed by atoms with Gasteiger partial charge in [-0.05, 0) is 170 Å². The maximum atomic E-state index is 7.12. The van der Waals surface area contributed by atoms with Crippen molar-refractivity contribution >= 4 is 101 Å². The Morgan fingerprint density at radius 2 is 1.04 bits per heavy atom. The van der Waals surface area contributed by atoms with Gasteiger partial charge in [0.2, 0.25) is 0 Å². The molecule has 2 aliphatic heterocycles. The van der Waals surface area contributed by atoms with Gasteiger partial charge in [0.15, 0.2) is 0 Å². The van der Waals surface area contributed by atoms with Crippen LogP contribution in [0.2, 0.25) is 0 Å². The molecule has 1 saturated carbocycles. The van der Waals surface area contributed by atoms with Crippen molar-refractivity contribution in [1.29, 1.82) is 0 Å². The van der Waals surface area contributed by atoms with Gasteiger partial charge in [0, 0.05) is 61.6 Å². The van der Waals surface area contributed by atoms with E-state index in [1.54, 1.807) is 0 Å². The molecule has 0 unspecified atom stereocenters. The molecule has 0 N–H and O–H groups in total. The van der Waals surface area contributed by atoms with Gasteiger partial charge in [-0.2, -0.15) is 0 Å². The summed E-state index contributed by atoms with van der Waals surface area (Å²) in [5.74, 6) is 0.459. The van der Waals surface area contributed by atoms with Crippen LogP contribution in [0, 0.1) is 0 Å². The largest absolute Gasteiger partial charge is 0.456 e. The first-order chi connectivity index (χ1) is 35.9. The molecule has 2 aliphatic carbocycles. The molecule has 2 aromatic heterocycles. The van der Waals surface area contributed by atoms with Crippen LogP contribution in [-0.4, -0.2) is 6.71 Å². The zero-order chi connectivity index (χ0) is 51.5. The van der Waals surface area contributed by atoms with Crippen molar-refractivity contribution in [2.75, 3.05) is 9.80 Å². The third-order valence-electron chi connectivity index (χ3n) is 18.4. The average molecular weight is 981 g/mol. The summed E-state index contributed by atoms with van der Waals surface area (Å²) in [6.07, 6.45) is 8.50. The number of furan rings is 2. The summed E-state index contributed by atoms with van der Waals surface area (Å²) >= 11 is 0. The Balaban J connectivity index is 1.14. The number of hydrogen-bond donors (Lipinski definition) is 0. The van der Waals surface area contributed by atoms with Crippen molar-refractivity contribution in [2.45, 2.75) is 142 Å². The second-order valence-electron chi connectivity index (χ2n) is 26.2. The molecule has 75 heavy (non-hydrogen) atoms. The average Bonchev–Trinajstić information content (AvgIpc) is 3.97. The van der Waals surface area contributed by atoms with E-state index in [9.17, 15) is 0 Å². The monoisotopic (exact) mass is 981 g/mol. The van der Waals surface area contributed by atoms with Crippen LogP contribution < -0.4 is 26.2 Å². The van der Waals surface area contributed by atoms with Gasteiger partial charge >= 0.3 is 0 Å². The smallest absolute Gasteiger partial charge is 0.252 e. The first-order valence-electron chi connectivity index (χ1n) is 28.0. The Labute approximate surface area is 443 Å². The Hall–Kier alpha value is -6.98. The molecule has 10 aromatic rings. The van der Waals surface area contributed by atoms with Crippen LogP contribution >= 0.6 is 0 Å². The number of para-hydroxylation sites is 1. The van der Waals surface area contributed by atoms with Crippen molar-refractivity contribution in [3.8, 4) is 11.1 Å². The summed E-state index contributed by atoms with van der Waals surface area (Å²) in [5.41, 5.74) is 24.4. The van der Waals surface area contributed by atoms with E-state index in [4.69, 9.17) is 8.83 Å². The topological polar surface area (TPSA) is 32.8 Å². The van der Waals surface area contributed by atoms with Gasteiger partial charge in [-0.15, -0.1) is 0 Å². The van der Waals surface area contributed by atoms with Crippen LogP contribution in [0.25, 0.3) is 55.0 Å². The molecular formula is C70H69BN2O2. The Kier molecular flexibility index (Phi) is 10.1. The summed E-state index contributed by atoms with van der Waals surface area (Å²) < 4.78 is 13.9. The van der Waals surface area contributed by atoms with E-state index < -0.39 is 0 Å². The Morgan fingerprint density at radius 3 is 1.79 bits per heavy atom. The predicted octanol–water partition coefficient (Wildman–Crippen LogP) is 18.2. The van der Waals surface area contributed by atoms with E-state index in [2.05, 4.69) is 225 Å². The number of benzene rings is 8. The van der Waals surface area contributed by atoms with Gasteiger partial charge in [-0.1, -0.05) is 161 Å². The van der Waals surface area contributed by atoms with Crippen LogP contribution in [0.5, 0.6) is 0 Å².